The van der Waals surface area contributed by atoms with Gasteiger partial charge in [-0.15, -0.1) is 0 Å². The predicted octanol–water partition coefficient (Wildman–Crippen LogP) is 2.21. The first-order valence-corrected chi connectivity index (χ1v) is 7.58. The van der Waals surface area contributed by atoms with Crippen LogP contribution in [0, 0.1) is 0 Å². The third kappa shape index (κ3) is 2.10. The fraction of sp³-hybridized carbons (Fsp3) is 0.455. The van der Waals surface area contributed by atoms with E-state index in [0.717, 1.165) is 30.4 Å². The number of hydrogen-bond donors (Lipinski definition) is 1. The summed E-state index contributed by atoms with van der Waals surface area (Å²) in [4.78, 5) is 0.270. The highest BCUT2D eigenvalue weighted by Crippen LogP contribution is 2.34. The Hall–Kier alpha value is -0.580. The SMILES string of the molecule is CNC1CCCc2c1cccc2S(=O)(=O)Cl. The van der Waals surface area contributed by atoms with Gasteiger partial charge >= 0.3 is 0 Å². The summed E-state index contributed by atoms with van der Waals surface area (Å²) >= 11 is 0. The van der Waals surface area contributed by atoms with Crippen molar-refractivity contribution >= 4 is 19.7 Å². The van der Waals surface area contributed by atoms with Crippen molar-refractivity contribution in [1.82, 2.24) is 5.32 Å². The molecule has 0 saturated heterocycles. The van der Waals surface area contributed by atoms with Gasteiger partial charge in [-0.2, -0.15) is 0 Å². The zero-order valence-corrected chi connectivity index (χ0v) is 10.6. The van der Waals surface area contributed by atoms with Crippen LogP contribution in [-0.4, -0.2) is 15.5 Å². The van der Waals surface area contributed by atoms with Crippen molar-refractivity contribution in [3.63, 3.8) is 0 Å². The zero-order valence-electron chi connectivity index (χ0n) is 9.03. The van der Waals surface area contributed by atoms with Gasteiger partial charge < -0.3 is 5.32 Å². The maximum absolute atomic E-state index is 11.4. The molecule has 0 spiro atoms. The molecule has 0 radical (unpaired) electrons. The first-order valence-electron chi connectivity index (χ1n) is 5.27. The maximum Gasteiger partial charge on any atom is 0.261 e. The molecule has 1 aliphatic carbocycles. The molecular weight excluding hydrogens is 246 g/mol. The van der Waals surface area contributed by atoms with Crippen molar-refractivity contribution in [2.24, 2.45) is 0 Å². The molecule has 3 nitrogen and oxygen atoms in total. The molecule has 0 fully saturated rings. The van der Waals surface area contributed by atoms with Crippen molar-refractivity contribution in [1.29, 1.82) is 0 Å². The molecular formula is C11H14ClNO2S. The van der Waals surface area contributed by atoms with E-state index in [1.807, 2.05) is 13.1 Å². The highest BCUT2D eigenvalue weighted by molar-refractivity contribution is 8.13. The standard InChI is InChI=1S/C11H14ClNO2S/c1-13-10-6-2-5-9-8(10)4-3-7-11(9)16(12,14)15/h3-4,7,10,13H,2,5-6H2,1H3. The number of halogens is 1. The van der Waals surface area contributed by atoms with Crippen LogP contribution in [0.2, 0.25) is 0 Å². The zero-order chi connectivity index (χ0) is 11.8. The number of benzene rings is 1. The van der Waals surface area contributed by atoms with Gasteiger partial charge in [-0.05, 0) is 43.5 Å². The van der Waals surface area contributed by atoms with Crippen LogP contribution in [-0.2, 0) is 15.5 Å². The van der Waals surface area contributed by atoms with Gasteiger partial charge in [0.15, 0.2) is 0 Å². The number of nitrogens with one attached hydrogen (secondary N) is 1. The van der Waals surface area contributed by atoms with Crippen LogP contribution in [0.25, 0.3) is 0 Å². The Balaban J connectivity index is 2.60. The number of fused-ring (bicyclic) bond motifs is 1. The molecule has 2 rings (SSSR count). The summed E-state index contributed by atoms with van der Waals surface area (Å²) < 4.78 is 22.9. The van der Waals surface area contributed by atoms with E-state index in [0.29, 0.717) is 0 Å². The maximum atomic E-state index is 11.4. The van der Waals surface area contributed by atoms with Gasteiger partial charge in [0.25, 0.3) is 9.05 Å². The normalized spacial score (nSPS) is 20.5. The topological polar surface area (TPSA) is 46.2 Å². The highest BCUT2D eigenvalue weighted by Gasteiger charge is 2.24. The van der Waals surface area contributed by atoms with E-state index in [4.69, 9.17) is 10.7 Å². The van der Waals surface area contributed by atoms with E-state index in [1.54, 1.807) is 12.1 Å². The van der Waals surface area contributed by atoms with Crippen LogP contribution in [0.5, 0.6) is 0 Å². The molecule has 1 aromatic carbocycles. The molecule has 1 atom stereocenters. The van der Waals surface area contributed by atoms with Crippen LogP contribution in [0.15, 0.2) is 23.1 Å². The third-order valence-corrected chi connectivity index (χ3v) is 4.48. The van der Waals surface area contributed by atoms with Gasteiger partial charge in [0.1, 0.15) is 0 Å². The molecule has 1 aromatic rings. The minimum Gasteiger partial charge on any atom is -0.313 e. The summed E-state index contributed by atoms with van der Waals surface area (Å²) in [5.74, 6) is 0. The molecule has 1 N–H and O–H groups in total. The average Bonchev–Trinajstić information content (AvgIpc) is 2.26. The van der Waals surface area contributed by atoms with E-state index in [9.17, 15) is 8.42 Å². The molecule has 0 aromatic heterocycles. The molecule has 0 aliphatic heterocycles. The van der Waals surface area contributed by atoms with Crippen LogP contribution in [0.1, 0.15) is 30.0 Å². The Kier molecular flexibility index (Phi) is 3.24. The molecule has 88 valence electrons. The molecule has 0 heterocycles. The van der Waals surface area contributed by atoms with Crippen molar-refractivity contribution < 1.29 is 8.42 Å². The summed E-state index contributed by atoms with van der Waals surface area (Å²) in [6.45, 7) is 0. The second-order valence-corrected chi connectivity index (χ2v) is 6.53. The molecule has 0 amide bonds. The van der Waals surface area contributed by atoms with Crippen molar-refractivity contribution in [3.05, 3.63) is 29.3 Å². The Labute approximate surface area is 100 Å². The van der Waals surface area contributed by atoms with Crippen LogP contribution in [0.4, 0.5) is 0 Å². The van der Waals surface area contributed by atoms with Gasteiger partial charge in [0.2, 0.25) is 0 Å². The monoisotopic (exact) mass is 259 g/mol. The Morgan fingerprint density at radius 1 is 1.44 bits per heavy atom. The van der Waals surface area contributed by atoms with Crippen molar-refractivity contribution in [3.8, 4) is 0 Å². The van der Waals surface area contributed by atoms with E-state index in [-0.39, 0.29) is 10.9 Å². The van der Waals surface area contributed by atoms with E-state index >= 15 is 0 Å². The lowest BCUT2D eigenvalue weighted by atomic mass is 9.88. The number of hydrogen-bond acceptors (Lipinski definition) is 3. The second kappa shape index (κ2) is 4.35. The summed E-state index contributed by atoms with van der Waals surface area (Å²) in [6, 6.07) is 5.55. The fourth-order valence-corrected chi connectivity index (χ4v) is 3.53. The average molecular weight is 260 g/mol. The Morgan fingerprint density at radius 2 is 2.19 bits per heavy atom. The first kappa shape index (κ1) is 11.9. The predicted molar refractivity (Wildman–Crippen MR) is 64.2 cm³/mol. The van der Waals surface area contributed by atoms with Crippen LogP contribution in [0.3, 0.4) is 0 Å². The van der Waals surface area contributed by atoms with Crippen LogP contribution >= 0.6 is 10.7 Å². The second-order valence-electron chi connectivity index (χ2n) is 4.00. The van der Waals surface area contributed by atoms with Gasteiger partial charge in [-0.1, -0.05) is 12.1 Å². The van der Waals surface area contributed by atoms with E-state index in [2.05, 4.69) is 5.32 Å². The molecule has 16 heavy (non-hydrogen) atoms. The largest absolute Gasteiger partial charge is 0.313 e. The summed E-state index contributed by atoms with van der Waals surface area (Å²) in [7, 11) is 3.70. The molecule has 0 bridgehead atoms. The third-order valence-electron chi connectivity index (χ3n) is 3.08. The fourth-order valence-electron chi connectivity index (χ4n) is 2.34. The molecule has 1 unspecified atom stereocenters. The lowest BCUT2D eigenvalue weighted by Gasteiger charge is -2.26. The van der Waals surface area contributed by atoms with Crippen molar-refractivity contribution in [2.75, 3.05) is 7.05 Å². The first-order chi connectivity index (χ1) is 7.54. The summed E-state index contributed by atoms with van der Waals surface area (Å²) in [5, 5.41) is 3.20. The molecule has 1 aliphatic rings. The van der Waals surface area contributed by atoms with Gasteiger partial charge in [-0.25, -0.2) is 8.42 Å². The highest BCUT2D eigenvalue weighted by atomic mass is 35.7. The minimum absolute atomic E-state index is 0.238. The molecule has 5 heteroatoms. The Bertz CT molecular complexity index is 499. The lowest BCUT2D eigenvalue weighted by molar-refractivity contribution is 0.491. The molecule has 0 saturated carbocycles. The quantitative estimate of drug-likeness (QED) is 0.829. The summed E-state index contributed by atoms with van der Waals surface area (Å²) in [6.07, 6.45) is 2.81. The van der Waals surface area contributed by atoms with E-state index in [1.165, 1.54) is 0 Å². The van der Waals surface area contributed by atoms with E-state index < -0.39 is 9.05 Å². The Morgan fingerprint density at radius 3 is 2.81 bits per heavy atom. The minimum atomic E-state index is -3.63. The van der Waals surface area contributed by atoms with Gasteiger partial charge in [-0.3, -0.25) is 0 Å². The van der Waals surface area contributed by atoms with Gasteiger partial charge in [0, 0.05) is 16.7 Å². The smallest absolute Gasteiger partial charge is 0.261 e. The lowest BCUT2D eigenvalue weighted by Crippen LogP contribution is -2.22. The summed E-state index contributed by atoms with van der Waals surface area (Å²) in [5.41, 5.74) is 1.94. The van der Waals surface area contributed by atoms with Crippen LogP contribution < -0.4 is 5.32 Å². The number of rotatable bonds is 2. The van der Waals surface area contributed by atoms with Gasteiger partial charge in [0.05, 0.1) is 4.90 Å². The van der Waals surface area contributed by atoms with Crippen molar-refractivity contribution in [2.45, 2.75) is 30.2 Å².